The Kier molecular flexibility index (Phi) is 10.3. The Hall–Kier alpha value is -4.00. The average molecular weight is 737 g/mol. The zero-order valence-electron chi connectivity index (χ0n) is 27.8. The molecular formula is C37H42BrN3O8. The van der Waals surface area contributed by atoms with Crippen molar-refractivity contribution in [2.75, 3.05) is 31.8 Å². The minimum absolute atomic E-state index is 0.101. The molecule has 0 aliphatic carbocycles. The van der Waals surface area contributed by atoms with Crippen molar-refractivity contribution in [3.8, 4) is 5.75 Å². The molecule has 8 atom stereocenters. The third kappa shape index (κ3) is 6.30. The number of benzene rings is 2. The number of carbonyl (C=O) groups excluding carboxylic acids is 4. The molecule has 0 unspecified atom stereocenters. The first-order chi connectivity index (χ1) is 23.6. The number of allylic oxidation sites excluding steroid dienone is 1. The lowest BCUT2D eigenvalue weighted by molar-refractivity contribution is -0.147. The maximum Gasteiger partial charge on any atom is 0.306 e. The number of fused-ring (bicyclic) bond motifs is 2. The largest absolute Gasteiger partial charge is 0.497 e. The van der Waals surface area contributed by atoms with Gasteiger partial charge in [0, 0.05) is 23.1 Å². The molecule has 2 aromatic rings. The van der Waals surface area contributed by atoms with Crippen molar-refractivity contribution >= 4 is 45.3 Å². The SMILES string of the molecule is CC[C@H](C)[C@H](CO)N1C(=O)[C@@H]2[C@H]3C(=O)N[C@@H](c4ccccc4)COC(=O)CC/C=C\CN(c4ccc(OC)cc4)C(=O)[C@@H]1[C@]21C=C(Br)[C@H]3O1. The molecule has 11 nitrogen and oxygen atoms in total. The van der Waals surface area contributed by atoms with E-state index in [0.29, 0.717) is 28.8 Å². The van der Waals surface area contributed by atoms with Crippen LogP contribution in [0.25, 0.3) is 0 Å². The Balaban J connectivity index is 1.49. The minimum Gasteiger partial charge on any atom is -0.497 e. The number of methoxy groups -OCH3 is 1. The highest BCUT2D eigenvalue weighted by molar-refractivity contribution is 9.11. The van der Waals surface area contributed by atoms with Gasteiger partial charge in [0.1, 0.15) is 30.1 Å². The number of carbonyl (C=O) groups is 4. The number of hydrogen-bond acceptors (Lipinski definition) is 8. The van der Waals surface area contributed by atoms with E-state index in [1.807, 2.05) is 50.3 Å². The Bertz CT molecular complexity index is 1630. The normalized spacial score (nSPS) is 30.7. The van der Waals surface area contributed by atoms with E-state index >= 15 is 4.79 Å². The highest BCUT2D eigenvalue weighted by Gasteiger charge is 2.75. The summed E-state index contributed by atoms with van der Waals surface area (Å²) in [5.74, 6) is -3.34. The highest BCUT2D eigenvalue weighted by Crippen LogP contribution is 2.59. The summed E-state index contributed by atoms with van der Waals surface area (Å²) in [5.41, 5.74) is -0.202. The third-order valence-corrected chi connectivity index (χ3v) is 11.0. The van der Waals surface area contributed by atoms with Gasteiger partial charge in [0.25, 0.3) is 5.91 Å². The van der Waals surface area contributed by atoms with Crippen LogP contribution in [0.1, 0.15) is 44.7 Å². The molecule has 4 aliphatic heterocycles. The number of aliphatic hydroxyl groups is 1. The number of halogens is 1. The Morgan fingerprint density at radius 3 is 2.47 bits per heavy atom. The lowest BCUT2D eigenvalue weighted by atomic mass is 9.74. The fourth-order valence-corrected chi connectivity index (χ4v) is 8.30. The summed E-state index contributed by atoms with van der Waals surface area (Å²) < 4.78 is 18.2. The van der Waals surface area contributed by atoms with Gasteiger partial charge in [0.2, 0.25) is 11.8 Å². The number of nitrogens with zero attached hydrogens (tertiary/aromatic N) is 2. The van der Waals surface area contributed by atoms with Crippen LogP contribution in [0.5, 0.6) is 5.75 Å². The number of ether oxygens (including phenoxy) is 3. The smallest absolute Gasteiger partial charge is 0.306 e. The summed E-state index contributed by atoms with van der Waals surface area (Å²) in [7, 11) is 1.56. The first-order valence-corrected chi connectivity index (χ1v) is 17.5. The summed E-state index contributed by atoms with van der Waals surface area (Å²) in [6.45, 7) is 3.55. The van der Waals surface area contributed by atoms with Gasteiger partial charge in [-0.1, -0.05) is 78.7 Å². The molecule has 49 heavy (non-hydrogen) atoms. The number of amides is 3. The summed E-state index contributed by atoms with van der Waals surface area (Å²) >= 11 is 3.62. The molecular weight excluding hydrogens is 694 g/mol. The maximum absolute atomic E-state index is 15.1. The molecule has 2 N–H and O–H groups in total. The topological polar surface area (TPSA) is 135 Å². The summed E-state index contributed by atoms with van der Waals surface area (Å²) in [6.07, 6.45) is 5.69. The van der Waals surface area contributed by atoms with Gasteiger partial charge in [-0.05, 0) is 48.2 Å². The highest BCUT2D eigenvalue weighted by atomic mass is 79.9. The van der Waals surface area contributed by atoms with Crippen molar-refractivity contribution in [1.82, 2.24) is 10.2 Å². The molecule has 3 amide bonds. The first kappa shape index (κ1) is 34.8. The second-order valence-corrected chi connectivity index (χ2v) is 13.9. The van der Waals surface area contributed by atoms with Crippen molar-refractivity contribution in [1.29, 1.82) is 0 Å². The summed E-state index contributed by atoms with van der Waals surface area (Å²) in [6, 6.07) is 13.6. The molecule has 2 aromatic carbocycles. The van der Waals surface area contributed by atoms with E-state index in [1.165, 1.54) is 4.90 Å². The first-order valence-electron chi connectivity index (χ1n) is 16.8. The molecule has 260 valence electrons. The van der Waals surface area contributed by atoms with E-state index in [9.17, 15) is 19.5 Å². The number of anilines is 1. The van der Waals surface area contributed by atoms with Crippen molar-refractivity contribution in [2.24, 2.45) is 17.8 Å². The second kappa shape index (κ2) is 14.5. The van der Waals surface area contributed by atoms with Crippen LogP contribution in [0, 0.1) is 17.8 Å². The number of esters is 1. The molecule has 2 fully saturated rings. The predicted octanol–water partition coefficient (Wildman–Crippen LogP) is 4.06. The molecule has 12 heteroatoms. The number of cyclic esters (lactones) is 1. The second-order valence-electron chi connectivity index (χ2n) is 13.0. The molecule has 1 spiro atoms. The fraction of sp³-hybridized carbons (Fsp3) is 0.459. The van der Waals surface area contributed by atoms with Crippen LogP contribution in [-0.2, 0) is 28.7 Å². The van der Waals surface area contributed by atoms with Crippen LogP contribution in [-0.4, -0.2) is 84.4 Å². The van der Waals surface area contributed by atoms with E-state index in [2.05, 4.69) is 21.2 Å². The Morgan fingerprint density at radius 1 is 1.06 bits per heavy atom. The van der Waals surface area contributed by atoms with Gasteiger partial charge in [-0.15, -0.1) is 0 Å². The van der Waals surface area contributed by atoms with E-state index in [4.69, 9.17) is 14.2 Å². The number of aliphatic hydroxyl groups excluding tert-OH is 1. The fourth-order valence-electron chi connectivity index (χ4n) is 7.56. The van der Waals surface area contributed by atoms with Crippen LogP contribution < -0.4 is 15.0 Å². The van der Waals surface area contributed by atoms with Gasteiger partial charge in [-0.2, -0.15) is 0 Å². The standard InChI is InChI=1S/C37H42BrN3O8/c1-4-22(2)28(20-42)41-33-36(46)40(24-14-16-25(47-3)17-15-24)18-10-6-9-13-29(43)48-21-27(23-11-7-5-8-12-23)39-34(44)30-31(35(41)45)37(33)19-26(38)32(30)49-37/h5-8,10-12,14-17,19,22,27-28,30-33,42H,4,9,13,18,20-21H2,1-3H3,(H,39,44)/b10-6-/t22-,27+,28-,30+,31-,32+,33+,37-/m0/s1. The third-order valence-electron chi connectivity index (χ3n) is 10.3. The van der Waals surface area contributed by atoms with Crippen LogP contribution in [0.3, 0.4) is 0 Å². The maximum atomic E-state index is 15.1. The van der Waals surface area contributed by atoms with Crippen LogP contribution >= 0.6 is 15.9 Å². The quantitative estimate of drug-likeness (QED) is 0.322. The van der Waals surface area contributed by atoms with Gasteiger partial charge in [-0.25, -0.2) is 0 Å². The van der Waals surface area contributed by atoms with Crippen LogP contribution in [0.2, 0.25) is 0 Å². The molecule has 0 aromatic heterocycles. The molecule has 0 radical (unpaired) electrons. The zero-order chi connectivity index (χ0) is 34.9. The van der Waals surface area contributed by atoms with Gasteiger partial charge in [0.15, 0.2) is 0 Å². The number of hydrogen-bond donors (Lipinski definition) is 2. The van der Waals surface area contributed by atoms with Crippen molar-refractivity contribution in [3.05, 3.63) is 82.9 Å². The summed E-state index contributed by atoms with van der Waals surface area (Å²) in [5, 5.41) is 13.8. The Labute approximate surface area is 294 Å². The number of likely N-dealkylation sites (tertiary alicyclic amines) is 1. The Morgan fingerprint density at radius 2 is 1.80 bits per heavy atom. The lowest BCUT2D eigenvalue weighted by Gasteiger charge is -2.40. The molecule has 6 rings (SSSR count). The van der Waals surface area contributed by atoms with Crippen LogP contribution in [0.4, 0.5) is 5.69 Å². The predicted molar refractivity (Wildman–Crippen MR) is 185 cm³/mol. The number of nitrogens with one attached hydrogen (secondary N) is 1. The number of rotatable bonds is 7. The molecule has 4 aliphatic rings. The molecule has 0 saturated carbocycles. The molecule has 2 saturated heterocycles. The minimum atomic E-state index is -1.49. The van der Waals surface area contributed by atoms with Gasteiger partial charge in [0.05, 0.1) is 37.6 Å². The molecule has 4 heterocycles. The lowest BCUT2D eigenvalue weighted by Crippen LogP contribution is -2.59. The van der Waals surface area contributed by atoms with Crippen LogP contribution in [0.15, 0.2) is 77.3 Å². The zero-order valence-corrected chi connectivity index (χ0v) is 29.4. The summed E-state index contributed by atoms with van der Waals surface area (Å²) in [4.78, 5) is 60.1. The van der Waals surface area contributed by atoms with Gasteiger partial charge in [-0.3, -0.25) is 19.2 Å². The molecule has 5 bridgehead atoms. The van der Waals surface area contributed by atoms with E-state index in [0.717, 1.165) is 5.56 Å². The van der Waals surface area contributed by atoms with E-state index in [1.54, 1.807) is 48.4 Å². The van der Waals surface area contributed by atoms with Gasteiger partial charge >= 0.3 is 5.97 Å². The van der Waals surface area contributed by atoms with E-state index in [-0.39, 0.29) is 32.1 Å². The van der Waals surface area contributed by atoms with Crippen molar-refractivity contribution in [2.45, 2.75) is 62.9 Å². The monoisotopic (exact) mass is 735 g/mol. The van der Waals surface area contributed by atoms with E-state index < -0.39 is 65.4 Å². The average Bonchev–Trinajstić information content (AvgIpc) is 3.71. The van der Waals surface area contributed by atoms with Crippen molar-refractivity contribution in [3.63, 3.8) is 0 Å². The van der Waals surface area contributed by atoms with Crippen molar-refractivity contribution < 1.29 is 38.5 Å². The van der Waals surface area contributed by atoms with Gasteiger partial charge < -0.3 is 34.4 Å².